The summed E-state index contributed by atoms with van der Waals surface area (Å²) >= 11 is 1.18. The van der Waals surface area contributed by atoms with E-state index in [4.69, 9.17) is 0 Å². The van der Waals surface area contributed by atoms with Gasteiger partial charge in [0.25, 0.3) is 0 Å². The fourth-order valence-corrected chi connectivity index (χ4v) is 3.66. The number of benzene rings is 2. The predicted molar refractivity (Wildman–Crippen MR) is 96.7 cm³/mol. The smallest absolute Gasteiger partial charge is 0.174 e. The zero-order chi connectivity index (χ0) is 18.0. The zero-order valence-electron chi connectivity index (χ0n) is 13.9. The number of Topliss-reactive ketones (excluding diaryl/α,β-unsaturated/α-hetero) is 1. The molecule has 0 N–H and O–H groups in total. The number of thioether (sulfide) groups is 1. The Balaban J connectivity index is 1.85. The first-order chi connectivity index (χ1) is 12.0. The Morgan fingerprint density at radius 2 is 1.80 bits per heavy atom. The Kier molecular flexibility index (Phi) is 5.04. The van der Waals surface area contributed by atoms with Gasteiger partial charge in [0, 0.05) is 27.5 Å². The van der Waals surface area contributed by atoms with Gasteiger partial charge in [0.05, 0.1) is 5.75 Å². The summed E-state index contributed by atoms with van der Waals surface area (Å²) in [5.41, 5.74) is 2.85. The number of halogens is 2. The van der Waals surface area contributed by atoms with Gasteiger partial charge in [0.15, 0.2) is 5.78 Å². The van der Waals surface area contributed by atoms with Crippen molar-refractivity contribution in [2.75, 3.05) is 5.75 Å². The van der Waals surface area contributed by atoms with E-state index in [-0.39, 0.29) is 23.2 Å². The van der Waals surface area contributed by atoms with Crippen molar-refractivity contribution in [3.05, 3.63) is 83.2 Å². The van der Waals surface area contributed by atoms with Crippen LogP contribution in [-0.4, -0.2) is 16.1 Å². The summed E-state index contributed by atoms with van der Waals surface area (Å²) < 4.78 is 29.0. The Morgan fingerprint density at radius 1 is 1.04 bits per heavy atom. The van der Waals surface area contributed by atoms with Crippen LogP contribution in [0, 0.1) is 25.5 Å². The van der Waals surface area contributed by atoms with Crippen molar-refractivity contribution in [2.24, 2.45) is 0 Å². The summed E-state index contributed by atoms with van der Waals surface area (Å²) in [5, 5.41) is 0. The molecule has 2 aromatic carbocycles. The second kappa shape index (κ2) is 7.23. The van der Waals surface area contributed by atoms with Crippen molar-refractivity contribution in [1.29, 1.82) is 0 Å². The molecule has 0 spiro atoms. The maximum absolute atomic E-state index is 13.7. The highest BCUT2D eigenvalue weighted by Crippen LogP contribution is 2.26. The monoisotopic (exact) mass is 357 g/mol. The van der Waals surface area contributed by atoms with Crippen molar-refractivity contribution in [3.63, 3.8) is 0 Å². The first-order valence-corrected chi connectivity index (χ1v) is 8.81. The van der Waals surface area contributed by atoms with Crippen molar-refractivity contribution in [1.82, 2.24) is 4.57 Å². The van der Waals surface area contributed by atoms with Gasteiger partial charge >= 0.3 is 0 Å². The van der Waals surface area contributed by atoms with Crippen LogP contribution in [0.3, 0.4) is 0 Å². The molecule has 0 amide bonds. The average Bonchev–Trinajstić information content (AvgIpc) is 2.88. The molecular weight excluding hydrogens is 340 g/mol. The predicted octanol–water partition coefficient (Wildman–Crippen LogP) is 5.35. The minimum atomic E-state index is -0.328. The van der Waals surface area contributed by atoms with Gasteiger partial charge in [-0.25, -0.2) is 8.78 Å². The highest BCUT2D eigenvalue weighted by Gasteiger charge is 2.17. The number of ketones is 1. The summed E-state index contributed by atoms with van der Waals surface area (Å²) in [6.45, 7) is 3.71. The van der Waals surface area contributed by atoms with Crippen LogP contribution in [0.15, 0.2) is 59.5 Å². The van der Waals surface area contributed by atoms with Crippen LogP contribution in [0.1, 0.15) is 21.7 Å². The molecule has 5 heteroatoms. The number of aromatic nitrogens is 1. The molecule has 0 radical (unpaired) electrons. The number of rotatable bonds is 5. The van der Waals surface area contributed by atoms with Crippen LogP contribution in [0.4, 0.5) is 8.78 Å². The summed E-state index contributed by atoms with van der Waals surface area (Å²) in [6, 6.07) is 14.4. The minimum Gasteiger partial charge on any atom is -0.318 e. The molecule has 0 saturated heterocycles. The van der Waals surface area contributed by atoms with Crippen molar-refractivity contribution >= 4 is 17.5 Å². The molecule has 0 aliphatic heterocycles. The van der Waals surface area contributed by atoms with E-state index in [0.29, 0.717) is 16.1 Å². The lowest BCUT2D eigenvalue weighted by molar-refractivity contribution is 0.102. The molecule has 0 saturated carbocycles. The van der Waals surface area contributed by atoms with E-state index >= 15 is 0 Å². The fourth-order valence-electron chi connectivity index (χ4n) is 2.84. The molecule has 1 heterocycles. The summed E-state index contributed by atoms with van der Waals surface area (Å²) in [7, 11) is 0. The maximum atomic E-state index is 13.7. The van der Waals surface area contributed by atoms with E-state index in [0.717, 1.165) is 11.4 Å². The van der Waals surface area contributed by atoms with Crippen LogP contribution >= 0.6 is 11.8 Å². The third kappa shape index (κ3) is 3.66. The molecular formula is C20H17F2NOS. The molecule has 3 aromatic rings. The van der Waals surface area contributed by atoms with Crippen LogP contribution in [0.25, 0.3) is 5.69 Å². The van der Waals surface area contributed by atoms with Crippen molar-refractivity contribution in [3.8, 4) is 5.69 Å². The second-order valence-corrected chi connectivity index (χ2v) is 6.76. The van der Waals surface area contributed by atoms with Crippen LogP contribution in [0.5, 0.6) is 0 Å². The molecule has 0 unspecified atom stereocenters. The Bertz CT molecular complexity index is 933. The SMILES string of the molecule is Cc1cc(C(=O)CSc2ccccc2F)c(C)n1-c1cccc(F)c1. The summed E-state index contributed by atoms with van der Waals surface area (Å²) in [5.74, 6) is -0.587. The summed E-state index contributed by atoms with van der Waals surface area (Å²) in [6.07, 6.45) is 0. The Morgan fingerprint density at radius 3 is 2.52 bits per heavy atom. The van der Waals surface area contributed by atoms with Gasteiger partial charge in [-0.05, 0) is 50.2 Å². The molecule has 128 valence electrons. The van der Waals surface area contributed by atoms with Gasteiger partial charge in [-0.2, -0.15) is 0 Å². The number of hydrogen-bond donors (Lipinski definition) is 0. The van der Waals surface area contributed by atoms with Crippen LogP contribution in [-0.2, 0) is 0 Å². The number of nitrogens with zero attached hydrogens (tertiary/aromatic N) is 1. The fraction of sp³-hybridized carbons (Fsp3) is 0.150. The van der Waals surface area contributed by atoms with E-state index in [1.807, 2.05) is 18.4 Å². The number of aryl methyl sites for hydroxylation is 1. The highest BCUT2D eigenvalue weighted by atomic mass is 32.2. The van der Waals surface area contributed by atoms with E-state index in [2.05, 4.69) is 0 Å². The first-order valence-electron chi connectivity index (χ1n) is 7.83. The lowest BCUT2D eigenvalue weighted by Crippen LogP contribution is -2.06. The third-order valence-corrected chi connectivity index (χ3v) is 5.04. The third-order valence-electron chi connectivity index (χ3n) is 3.99. The standard InChI is InChI=1S/C20H17F2NOS/c1-13-10-17(14(2)23(13)16-7-5-6-15(21)11-16)19(24)12-25-20-9-4-3-8-18(20)22/h3-11H,12H2,1-2H3. The van der Waals surface area contributed by atoms with E-state index in [9.17, 15) is 13.6 Å². The number of carbonyl (C=O) groups is 1. The van der Waals surface area contributed by atoms with Gasteiger partial charge in [0.1, 0.15) is 11.6 Å². The van der Waals surface area contributed by atoms with Gasteiger partial charge in [-0.3, -0.25) is 4.79 Å². The molecule has 0 fully saturated rings. The Hall–Kier alpha value is -2.40. The average molecular weight is 357 g/mol. The van der Waals surface area contributed by atoms with Crippen molar-refractivity contribution < 1.29 is 13.6 Å². The maximum Gasteiger partial charge on any atom is 0.174 e. The lowest BCUT2D eigenvalue weighted by Gasteiger charge is -2.10. The molecule has 0 aliphatic carbocycles. The van der Waals surface area contributed by atoms with Gasteiger partial charge in [0.2, 0.25) is 0 Å². The topological polar surface area (TPSA) is 22.0 Å². The molecule has 3 rings (SSSR count). The van der Waals surface area contributed by atoms with Gasteiger partial charge in [-0.1, -0.05) is 18.2 Å². The molecule has 0 aliphatic rings. The van der Waals surface area contributed by atoms with Crippen molar-refractivity contribution in [2.45, 2.75) is 18.7 Å². The number of carbonyl (C=O) groups excluding carboxylic acids is 1. The largest absolute Gasteiger partial charge is 0.318 e. The molecule has 2 nitrogen and oxygen atoms in total. The molecule has 0 bridgehead atoms. The molecule has 0 atom stereocenters. The first kappa shape index (κ1) is 17.4. The van der Waals surface area contributed by atoms with Gasteiger partial charge < -0.3 is 4.57 Å². The Labute approximate surface area is 149 Å². The number of hydrogen-bond acceptors (Lipinski definition) is 2. The lowest BCUT2D eigenvalue weighted by atomic mass is 10.2. The molecule has 25 heavy (non-hydrogen) atoms. The van der Waals surface area contributed by atoms with E-state index in [1.165, 1.54) is 30.0 Å². The quantitative estimate of drug-likeness (QED) is 0.454. The zero-order valence-corrected chi connectivity index (χ0v) is 14.7. The van der Waals surface area contributed by atoms with Crippen LogP contribution < -0.4 is 0 Å². The van der Waals surface area contributed by atoms with Gasteiger partial charge in [-0.15, -0.1) is 11.8 Å². The second-order valence-electron chi connectivity index (χ2n) is 5.74. The highest BCUT2D eigenvalue weighted by molar-refractivity contribution is 8.00. The van der Waals surface area contributed by atoms with Crippen LogP contribution in [0.2, 0.25) is 0 Å². The normalized spacial score (nSPS) is 10.9. The summed E-state index contributed by atoms with van der Waals surface area (Å²) in [4.78, 5) is 13.0. The minimum absolute atomic E-state index is 0.0796. The van der Waals surface area contributed by atoms with E-state index in [1.54, 1.807) is 36.4 Å². The molecule has 1 aromatic heterocycles. The van der Waals surface area contributed by atoms with E-state index < -0.39 is 0 Å².